The molecule has 11 heavy (non-hydrogen) atoms. The van der Waals surface area contributed by atoms with Gasteiger partial charge in [-0.3, -0.25) is 0 Å². The second kappa shape index (κ2) is 4.80. The third-order valence-corrected chi connectivity index (χ3v) is 8.49. The van der Waals surface area contributed by atoms with Gasteiger partial charge >= 0.3 is 0 Å². The quantitative estimate of drug-likeness (QED) is 0.501. The van der Waals surface area contributed by atoms with Crippen molar-refractivity contribution in [2.75, 3.05) is 0 Å². The standard InChI is InChI=1S/C9H19Si.Pd/c1-9(2)10(3)7-5-4-6-8-10;/h4-8H2,1-3H3;/q-1;. The van der Waals surface area contributed by atoms with Gasteiger partial charge in [0, 0.05) is 20.4 Å². The van der Waals surface area contributed by atoms with Gasteiger partial charge in [0.15, 0.2) is 0 Å². The molecule has 70 valence electrons. The largest absolute Gasteiger partial charge is 0.318 e. The molecular formula is C9H19PdSi-. The van der Waals surface area contributed by atoms with Crippen LogP contribution in [0.15, 0.2) is 0 Å². The first-order valence-corrected chi connectivity index (χ1v) is 7.37. The van der Waals surface area contributed by atoms with Gasteiger partial charge in [0.1, 0.15) is 0 Å². The molecule has 0 nitrogen and oxygen atoms in total. The van der Waals surface area contributed by atoms with E-state index in [1.807, 2.05) is 0 Å². The first-order valence-electron chi connectivity index (χ1n) is 4.46. The summed E-state index contributed by atoms with van der Waals surface area (Å²) in [5.74, 6) is 0. The summed E-state index contributed by atoms with van der Waals surface area (Å²) in [4.78, 5) is 0. The van der Waals surface area contributed by atoms with Crippen molar-refractivity contribution in [1.82, 2.24) is 0 Å². The molecule has 0 amide bonds. The van der Waals surface area contributed by atoms with Crippen LogP contribution in [-0.4, -0.2) is 8.07 Å². The van der Waals surface area contributed by atoms with Gasteiger partial charge in [-0.1, -0.05) is 46.0 Å². The molecule has 1 heterocycles. The van der Waals surface area contributed by atoms with Gasteiger partial charge < -0.3 is 5.54 Å². The SMILES string of the molecule is C[C-](C)[Si]1(C)CCCCC1.[Pd]. The van der Waals surface area contributed by atoms with Crippen molar-refractivity contribution in [3.8, 4) is 0 Å². The minimum absolute atomic E-state index is 0. The average Bonchev–Trinajstić information content (AvgIpc) is 1.89. The summed E-state index contributed by atoms with van der Waals surface area (Å²) in [6, 6.07) is 3.13. The Labute approximate surface area is 85.8 Å². The number of hydrogen-bond acceptors (Lipinski definition) is 0. The molecule has 0 unspecified atom stereocenters. The van der Waals surface area contributed by atoms with Crippen LogP contribution in [0.3, 0.4) is 0 Å². The first-order chi connectivity index (χ1) is 4.65. The van der Waals surface area contributed by atoms with Gasteiger partial charge in [-0.05, 0) is 0 Å². The number of rotatable bonds is 1. The minimum atomic E-state index is -0.797. The Bertz CT molecular complexity index is 106. The third-order valence-electron chi connectivity index (χ3n) is 3.16. The monoisotopic (exact) mass is 261 g/mol. The van der Waals surface area contributed by atoms with Crippen LogP contribution >= 0.6 is 0 Å². The van der Waals surface area contributed by atoms with Crippen LogP contribution in [0.2, 0.25) is 18.6 Å². The van der Waals surface area contributed by atoms with Crippen molar-refractivity contribution in [2.45, 2.75) is 51.7 Å². The summed E-state index contributed by atoms with van der Waals surface area (Å²) < 4.78 is 0. The van der Waals surface area contributed by atoms with Crippen molar-refractivity contribution >= 4 is 8.07 Å². The van der Waals surface area contributed by atoms with Crippen molar-refractivity contribution in [3.05, 3.63) is 5.54 Å². The molecule has 1 aliphatic heterocycles. The van der Waals surface area contributed by atoms with Gasteiger partial charge in [0.25, 0.3) is 0 Å². The summed E-state index contributed by atoms with van der Waals surface area (Å²) in [5.41, 5.74) is 1.77. The Balaban J connectivity index is 0.000001000. The van der Waals surface area contributed by atoms with Crippen molar-refractivity contribution < 1.29 is 20.4 Å². The Hall–Kier alpha value is 0.879. The van der Waals surface area contributed by atoms with Gasteiger partial charge in [-0.25, -0.2) is 0 Å². The van der Waals surface area contributed by atoms with Crippen molar-refractivity contribution in [3.63, 3.8) is 0 Å². The van der Waals surface area contributed by atoms with E-state index in [1.165, 1.54) is 19.3 Å². The summed E-state index contributed by atoms with van der Waals surface area (Å²) >= 11 is 0. The fraction of sp³-hybridized carbons (Fsp3) is 0.889. The Morgan fingerprint density at radius 3 is 1.73 bits per heavy atom. The molecule has 0 N–H and O–H groups in total. The van der Waals surface area contributed by atoms with E-state index in [9.17, 15) is 0 Å². The van der Waals surface area contributed by atoms with Crippen LogP contribution < -0.4 is 0 Å². The second-order valence-corrected chi connectivity index (χ2v) is 9.24. The van der Waals surface area contributed by atoms with Gasteiger partial charge in [-0.15, -0.1) is 0 Å². The molecule has 0 saturated carbocycles. The molecule has 0 aliphatic carbocycles. The smallest absolute Gasteiger partial charge is 0 e. The molecule has 0 bridgehead atoms. The van der Waals surface area contributed by atoms with E-state index in [4.69, 9.17) is 0 Å². The fourth-order valence-electron chi connectivity index (χ4n) is 1.83. The normalized spacial score (nSPS) is 22.9. The molecule has 1 rings (SSSR count). The zero-order valence-electron chi connectivity index (χ0n) is 7.85. The topological polar surface area (TPSA) is 0 Å². The fourth-order valence-corrected chi connectivity index (χ4v) is 5.14. The van der Waals surface area contributed by atoms with E-state index >= 15 is 0 Å². The zero-order valence-corrected chi connectivity index (χ0v) is 10.4. The molecule has 0 atom stereocenters. The van der Waals surface area contributed by atoms with E-state index in [0.29, 0.717) is 0 Å². The van der Waals surface area contributed by atoms with Crippen LogP contribution in [-0.2, 0) is 20.4 Å². The molecule has 1 fully saturated rings. The van der Waals surface area contributed by atoms with E-state index in [0.717, 1.165) is 0 Å². The zero-order chi connectivity index (χ0) is 7.61. The maximum Gasteiger partial charge on any atom is 0 e. The van der Waals surface area contributed by atoms with Gasteiger partial charge in [-0.2, -0.15) is 13.8 Å². The van der Waals surface area contributed by atoms with E-state index in [1.54, 1.807) is 17.6 Å². The third kappa shape index (κ3) is 3.01. The van der Waals surface area contributed by atoms with E-state index < -0.39 is 8.07 Å². The Morgan fingerprint density at radius 2 is 1.45 bits per heavy atom. The van der Waals surface area contributed by atoms with Crippen LogP contribution in [0.25, 0.3) is 0 Å². The Morgan fingerprint density at radius 1 is 1.00 bits per heavy atom. The molecular weight excluding hydrogens is 243 g/mol. The molecule has 0 aromatic rings. The molecule has 0 aromatic heterocycles. The summed E-state index contributed by atoms with van der Waals surface area (Å²) in [6.45, 7) is 7.25. The van der Waals surface area contributed by atoms with Crippen LogP contribution in [0.1, 0.15) is 33.1 Å². The minimum Gasteiger partial charge on any atom is -0.318 e. The summed E-state index contributed by atoms with van der Waals surface area (Å²) in [5, 5.41) is 0. The average molecular weight is 262 g/mol. The maximum absolute atomic E-state index is 2.56. The van der Waals surface area contributed by atoms with Crippen LogP contribution in [0.4, 0.5) is 0 Å². The molecule has 1 aliphatic rings. The first kappa shape index (κ1) is 11.9. The summed E-state index contributed by atoms with van der Waals surface area (Å²) in [6.07, 6.45) is 4.51. The van der Waals surface area contributed by atoms with Crippen molar-refractivity contribution in [2.24, 2.45) is 0 Å². The molecule has 0 radical (unpaired) electrons. The summed E-state index contributed by atoms with van der Waals surface area (Å²) in [7, 11) is -0.797. The molecule has 2 heteroatoms. The van der Waals surface area contributed by atoms with Crippen LogP contribution in [0, 0.1) is 5.54 Å². The second-order valence-electron chi connectivity index (χ2n) is 4.12. The number of hydrogen-bond donors (Lipinski definition) is 0. The Kier molecular flexibility index (Phi) is 5.18. The van der Waals surface area contributed by atoms with Gasteiger partial charge in [0.05, 0.1) is 0 Å². The van der Waals surface area contributed by atoms with E-state index in [2.05, 4.69) is 20.4 Å². The maximum atomic E-state index is 2.56. The molecule has 0 aromatic carbocycles. The van der Waals surface area contributed by atoms with Crippen LogP contribution in [0.5, 0.6) is 0 Å². The predicted molar refractivity (Wildman–Crippen MR) is 49.7 cm³/mol. The van der Waals surface area contributed by atoms with Gasteiger partial charge in [0.2, 0.25) is 0 Å². The van der Waals surface area contributed by atoms with Crippen molar-refractivity contribution in [1.29, 1.82) is 0 Å². The predicted octanol–water partition coefficient (Wildman–Crippen LogP) is 3.40. The molecule has 1 saturated heterocycles. The van der Waals surface area contributed by atoms with E-state index in [-0.39, 0.29) is 20.4 Å². The molecule has 0 spiro atoms.